The van der Waals surface area contributed by atoms with Crippen LogP contribution in [0, 0.1) is 11.8 Å². The molecule has 1 saturated heterocycles. The Morgan fingerprint density at radius 1 is 1.25 bits per heavy atom. The average Bonchev–Trinajstić information content (AvgIpc) is 3.47. The molecule has 2 saturated carbocycles. The number of aromatic nitrogens is 2. The predicted octanol–water partition coefficient (Wildman–Crippen LogP) is 1.72. The number of rotatable bonds is 5. The van der Waals surface area contributed by atoms with Gasteiger partial charge >= 0.3 is 0 Å². The van der Waals surface area contributed by atoms with Gasteiger partial charge < -0.3 is 10.2 Å². The zero-order chi connectivity index (χ0) is 16.7. The summed E-state index contributed by atoms with van der Waals surface area (Å²) in [5.41, 5.74) is 0.538. The van der Waals surface area contributed by atoms with Crippen molar-refractivity contribution in [3.8, 4) is 0 Å². The van der Waals surface area contributed by atoms with E-state index in [0.29, 0.717) is 18.8 Å². The maximum Gasteiger partial charge on any atom is 0.272 e. The Kier molecular flexibility index (Phi) is 3.85. The SMILES string of the molecule is Cn1nccc1C(=O)N1CCC(CC2CC2)(NC(=O)C2CC2)CC1. The number of carbonyl (C=O) groups excluding carboxylic acids is 2. The summed E-state index contributed by atoms with van der Waals surface area (Å²) in [6, 6.07) is 1.77. The fourth-order valence-electron chi connectivity index (χ4n) is 3.85. The highest BCUT2D eigenvalue weighted by Crippen LogP contribution is 2.41. The molecule has 0 bridgehead atoms. The van der Waals surface area contributed by atoms with E-state index in [1.54, 1.807) is 24.0 Å². The van der Waals surface area contributed by atoms with E-state index in [1.807, 2.05) is 4.90 Å². The monoisotopic (exact) mass is 330 g/mol. The molecule has 2 heterocycles. The first-order valence-electron chi connectivity index (χ1n) is 9.16. The van der Waals surface area contributed by atoms with E-state index >= 15 is 0 Å². The van der Waals surface area contributed by atoms with Crippen LogP contribution in [0.15, 0.2) is 12.3 Å². The van der Waals surface area contributed by atoms with Crippen molar-refractivity contribution in [3.05, 3.63) is 18.0 Å². The van der Waals surface area contributed by atoms with Crippen molar-refractivity contribution in [2.75, 3.05) is 13.1 Å². The Hall–Kier alpha value is -1.85. The number of amides is 2. The molecule has 6 nitrogen and oxygen atoms in total. The minimum atomic E-state index is -0.0932. The summed E-state index contributed by atoms with van der Waals surface area (Å²) in [5.74, 6) is 1.30. The maximum atomic E-state index is 12.6. The Morgan fingerprint density at radius 2 is 1.96 bits per heavy atom. The van der Waals surface area contributed by atoms with Crippen LogP contribution in [0.25, 0.3) is 0 Å². The highest BCUT2D eigenvalue weighted by Gasteiger charge is 2.43. The van der Waals surface area contributed by atoms with Crippen LogP contribution in [0.4, 0.5) is 0 Å². The summed E-state index contributed by atoms with van der Waals surface area (Å²) >= 11 is 0. The summed E-state index contributed by atoms with van der Waals surface area (Å²) in [5, 5.41) is 7.46. The van der Waals surface area contributed by atoms with Gasteiger partial charge in [-0.25, -0.2) is 0 Å². The number of aryl methyl sites for hydroxylation is 1. The Bertz CT molecular complexity index is 637. The second-order valence-electron chi connectivity index (χ2n) is 7.82. The van der Waals surface area contributed by atoms with E-state index < -0.39 is 0 Å². The third-order valence-corrected chi connectivity index (χ3v) is 5.76. The van der Waals surface area contributed by atoms with Gasteiger partial charge in [0.05, 0.1) is 0 Å². The molecule has 1 aromatic rings. The van der Waals surface area contributed by atoms with Crippen LogP contribution in [0.2, 0.25) is 0 Å². The summed E-state index contributed by atoms with van der Waals surface area (Å²) in [7, 11) is 1.80. The van der Waals surface area contributed by atoms with Crippen LogP contribution < -0.4 is 5.32 Å². The van der Waals surface area contributed by atoms with Crippen LogP contribution in [-0.2, 0) is 11.8 Å². The molecule has 0 unspecified atom stereocenters. The van der Waals surface area contributed by atoms with Gasteiger partial charge in [0.2, 0.25) is 5.91 Å². The quantitative estimate of drug-likeness (QED) is 0.894. The fourth-order valence-corrected chi connectivity index (χ4v) is 3.85. The minimum Gasteiger partial charge on any atom is -0.350 e. The van der Waals surface area contributed by atoms with Gasteiger partial charge in [-0.1, -0.05) is 12.8 Å². The molecule has 0 spiro atoms. The van der Waals surface area contributed by atoms with Crippen LogP contribution in [0.3, 0.4) is 0 Å². The van der Waals surface area contributed by atoms with Gasteiger partial charge in [-0.15, -0.1) is 0 Å². The van der Waals surface area contributed by atoms with Crippen LogP contribution in [0.5, 0.6) is 0 Å². The smallest absolute Gasteiger partial charge is 0.272 e. The maximum absolute atomic E-state index is 12.6. The second-order valence-corrected chi connectivity index (χ2v) is 7.82. The van der Waals surface area contributed by atoms with Crippen molar-refractivity contribution in [1.29, 1.82) is 0 Å². The Morgan fingerprint density at radius 3 is 2.50 bits per heavy atom. The van der Waals surface area contributed by atoms with E-state index in [1.165, 1.54) is 12.8 Å². The summed E-state index contributed by atoms with van der Waals surface area (Å²) < 4.78 is 1.63. The van der Waals surface area contributed by atoms with E-state index in [-0.39, 0.29) is 23.3 Å². The number of piperidine rings is 1. The van der Waals surface area contributed by atoms with Crippen molar-refractivity contribution >= 4 is 11.8 Å². The van der Waals surface area contributed by atoms with Crippen LogP contribution in [-0.4, -0.2) is 45.1 Å². The van der Waals surface area contributed by atoms with Crippen molar-refractivity contribution in [3.63, 3.8) is 0 Å². The molecule has 4 rings (SSSR count). The van der Waals surface area contributed by atoms with E-state index in [0.717, 1.165) is 38.0 Å². The lowest BCUT2D eigenvalue weighted by atomic mass is 9.82. The highest BCUT2D eigenvalue weighted by atomic mass is 16.2. The highest BCUT2D eigenvalue weighted by molar-refractivity contribution is 5.92. The zero-order valence-electron chi connectivity index (χ0n) is 14.3. The van der Waals surface area contributed by atoms with Gasteiger partial charge in [0, 0.05) is 37.8 Å². The van der Waals surface area contributed by atoms with Crippen LogP contribution >= 0.6 is 0 Å². The van der Waals surface area contributed by atoms with E-state index in [9.17, 15) is 9.59 Å². The first-order chi connectivity index (χ1) is 11.6. The summed E-state index contributed by atoms with van der Waals surface area (Å²) in [4.78, 5) is 26.9. The first-order valence-corrected chi connectivity index (χ1v) is 9.16. The number of hydrogen-bond acceptors (Lipinski definition) is 3. The lowest BCUT2D eigenvalue weighted by molar-refractivity contribution is -0.125. The molecule has 3 aliphatic rings. The molecule has 2 aliphatic carbocycles. The molecule has 24 heavy (non-hydrogen) atoms. The molecule has 0 aromatic carbocycles. The number of likely N-dealkylation sites (tertiary alicyclic amines) is 1. The second kappa shape index (κ2) is 5.90. The first kappa shape index (κ1) is 15.7. The summed E-state index contributed by atoms with van der Waals surface area (Å²) in [6.07, 6.45) is 9.13. The van der Waals surface area contributed by atoms with Crippen LogP contribution in [0.1, 0.15) is 55.4 Å². The molecular formula is C18H26N4O2. The van der Waals surface area contributed by atoms with Gasteiger partial charge in [-0.05, 0) is 44.1 Å². The zero-order valence-corrected chi connectivity index (χ0v) is 14.3. The normalized spacial score (nSPS) is 23.1. The third-order valence-electron chi connectivity index (χ3n) is 5.76. The number of hydrogen-bond donors (Lipinski definition) is 1. The summed E-state index contributed by atoms with van der Waals surface area (Å²) in [6.45, 7) is 1.42. The molecule has 1 aliphatic heterocycles. The molecule has 0 atom stereocenters. The standard InChI is InChI=1S/C18H26N4O2/c1-21-15(6-9-19-21)17(24)22-10-7-18(8-11-22,12-13-2-3-13)20-16(23)14-4-5-14/h6,9,13-14H,2-5,7-8,10-12H2,1H3,(H,20,23). The van der Waals surface area contributed by atoms with Gasteiger partial charge in [0.1, 0.15) is 5.69 Å². The lowest BCUT2D eigenvalue weighted by Crippen LogP contribution is -2.56. The molecule has 130 valence electrons. The predicted molar refractivity (Wildman–Crippen MR) is 89.3 cm³/mol. The van der Waals surface area contributed by atoms with E-state index in [4.69, 9.17) is 0 Å². The Labute approximate surface area is 142 Å². The van der Waals surface area contributed by atoms with Crippen molar-refractivity contribution in [1.82, 2.24) is 20.0 Å². The molecule has 2 amide bonds. The lowest BCUT2D eigenvalue weighted by Gasteiger charge is -2.42. The van der Waals surface area contributed by atoms with Crippen molar-refractivity contribution < 1.29 is 9.59 Å². The van der Waals surface area contributed by atoms with Crippen molar-refractivity contribution in [2.24, 2.45) is 18.9 Å². The molecule has 3 fully saturated rings. The third kappa shape index (κ3) is 3.19. The molecule has 1 aromatic heterocycles. The minimum absolute atomic E-state index is 0.0449. The number of nitrogens with one attached hydrogen (secondary N) is 1. The topological polar surface area (TPSA) is 67.2 Å². The van der Waals surface area contributed by atoms with Crippen molar-refractivity contribution in [2.45, 2.75) is 50.5 Å². The van der Waals surface area contributed by atoms with Gasteiger partial charge in [0.25, 0.3) is 5.91 Å². The number of nitrogens with zero attached hydrogens (tertiary/aromatic N) is 3. The fraction of sp³-hybridized carbons (Fsp3) is 0.722. The Balaban J connectivity index is 1.42. The van der Waals surface area contributed by atoms with E-state index in [2.05, 4.69) is 10.4 Å². The average molecular weight is 330 g/mol. The molecule has 0 radical (unpaired) electrons. The van der Waals surface area contributed by atoms with Gasteiger partial charge in [-0.3, -0.25) is 14.3 Å². The largest absolute Gasteiger partial charge is 0.350 e. The molecule has 1 N–H and O–H groups in total. The molecule has 6 heteroatoms. The molecular weight excluding hydrogens is 304 g/mol. The van der Waals surface area contributed by atoms with Gasteiger partial charge in [0.15, 0.2) is 0 Å². The number of carbonyl (C=O) groups is 2. The van der Waals surface area contributed by atoms with Gasteiger partial charge in [-0.2, -0.15) is 5.10 Å².